The van der Waals surface area contributed by atoms with Gasteiger partial charge in [0.15, 0.2) is 6.77 Å². The second-order valence-corrected chi connectivity index (χ2v) is 6.81. The van der Waals surface area contributed by atoms with E-state index in [1.807, 2.05) is 13.3 Å². The Morgan fingerprint density at radius 3 is 1.60 bits per heavy atom. The first-order valence-electron chi connectivity index (χ1n) is 1.32. The molecule has 5 heavy (non-hydrogen) atoms. The van der Waals surface area contributed by atoms with Gasteiger partial charge in [0, 0.05) is 0 Å². The van der Waals surface area contributed by atoms with Gasteiger partial charge in [-0.05, 0) is 0 Å². The largest absolute Gasteiger partial charge is 0.190 e. The lowest BCUT2D eigenvalue weighted by Crippen LogP contribution is -1.88. The molecule has 0 unspecified atom stereocenters. The van der Waals surface area contributed by atoms with Crippen LogP contribution in [0.2, 0.25) is 0 Å². The molecule has 0 aliphatic heterocycles. The topological polar surface area (TPSA) is 26.0 Å². The molecule has 2 N–H and O–H groups in total. The van der Waals surface area contributed by atoms with Crippen LogP contribution in [0, 0.1) is 0 Å². The van der Waals surface area contributed by atoms with Crippen molar-refractivity contribution >= 4 is 18.0 Å². The predicted molar refractivity (Wildman–Crippen MR) is 28.8 cm³/mol. The van der Waals surface area contributed by atoms with E-state index in [4.69, 9.17) is 16.7 Å². The lowest BCUT2D eigenvalue weighted by atomic mass is 11.9. The quantitative estimate of drug-likeness (QED) is 0.470. The highest BCUT2D eigenvalue weighted by Crippen LogP contribution is 2.46. The molecule has 0 saturated carbocycles. The van der Waals surface area contributed by atoms with Gasteiger partial charge in [0.1, 0.15) is 11.2 Å². The fraction of sp³-hybridized carbons (Fsp3) is 1.00. The molecule has 0 aliphatic rings. The molecule has 1 nitrogen and oxygen atoms in total. The van der Waals surface area contributed by atoms with Gasteiger partial charge in [-0.1, -0.05) is 0 Å². The van der Waals surface area contributed by atoms with Crippen molar-refractivity contribution in [1.82, 2.24) is 0 Å². The van der Waals surface area contributed by atoms with E-state index in [0.717, 1.165) is 0 Å². The molecule has 3 heteroatoms. The summed E-state index contributed by atoms with van der Waals surface area (Å²) in [7, 11) is 0. The van der Waals surface area contributed by atoms with Gasteiger partial charge in [-0.25, -0.2) is 0 Å². The van der Waals surface area contributed by atoms with Gasteiger partial charge < -0.3 is 0 Å². The number of rotatable bonds is 0. The zero-order chi connectivity index (χ0) is 4.50. The Morgan fingerprint density at radius 2 is 1.60 bits per heavy atom. The molecule has 0 saturated heterocycles. The fourth-order valence-corrected chi connectivity index (χ4v) is 0. The van der Waals surface area contributed by atoms with Crippen molar-refractivity contribution < 1.29 is 0 Å². The first-order valence-corrected chi connectivity index (χ1v) is 4.98. The van der Waals surface area contributed by atoms with Gasteiger partial charge in [0.25, 0.3) is 0 Å². The van der Waals surface area contributed by atoms with Crippen LogP contribution in [0.25, 0.3) is 0 Å². The van der Waals surface area contributed by atoms with E-state index in [1.54, 1.807) is 0 Å². The number of nitrogens with two attached hydrogens (primary N) is 1. The van der Waals surface area contributed by atoms with Crippen LogP contribution >= 0.6 is 18.0 Å². The maximum atomic E-state index is 5.42. The molecule has 0 atom stereocenters. The first-order chi connectivity index (χ1) is 2.00. The summed E-state index contributed by atoms with van der Waals surface area (Å²) in [5, 5.41) is 0. The summed E-state index contributed by atoms with van der Waals surface area (Å²) in [5.74, 6) is 0. The Kier molecular flexibility index (Phi) is 1.61. The highest BCUT2D eigenvalue weighted by molar-refractivity contribution is 7.96. The minimum absolute atomic E-state index is 1.42. The van der Waals surface area contributed by atoms with Crippen LogP contribution in [0.3, 0.4) is 0 Å². The molecule has 0 heterocycles. The van der Waals surface area contributed by atoms with E-state index in [1.165, 1.54) is 0 Å². The van der Waals surface area contributed by atoms with Crippen molar-refractivity contribution in [2.24, 2.45) is 5.50 Å². The summed E-state index contributed by atoms with van der Waals surface area (Å²) in [4.78, 5) is 0. The Hall–Kier alpha value is 0.680. The van der Waals surface area contributed by atoms with Crippen LogP contribution < -0.4 is 5.50 Å². The Bertz CT molecular complexity index is 25.1. The monoisotopic (exact) mass is 112 g/mol. The number of halogens is 1. The average molecular weight is 113 g/mol. The second-order valence-electron chi connectivity index (χ2n) is 1.40. The third kappa shape index (κ3) is 72.7. The van der Waals surface area contributed by atoms with Gasteiger partial charge in [-0.3, -0.25) is 0 Å². The zero-order valence-corrected chi connectivity index (χ0v) is 5.05. The maximum absolute atomic E-state index is 5.42. The minimum atomic E-state index is -1.42. The first kappa shape index (κ1) is 5.68. The van der Waals surface area contributed by atoms with Crippen LogP contribution in [-0.2, 0) is 0 Å². The average Bonchev–Trinajstić information content (AvgIpc) is 0.722. The van der Waals surface area contributed by atoms with Crippen molar-refractivity contribution in [3.63, 3.8) is 0 Å². The molecule has 0 aromatic heterocycles. The third-order valence-electron chi connectivity index (χ3n) is 0. The predicted octanol–water partition coefficient (Wildman–Crippen LogP) is 1.29. The summed E-state index contributed by atoms with van der Waals surface area (Å²) in [5.41, 5.74) is 5.23. The second kappa shape index (κ2) is 1.42. The Labute approximate surface area is 37.7 Å². The molecule has 32 valence electrons. The zero-order valence-electron chi connectivity index (χ0n) is 3.40. The van der Waals surface area contributed by atoms with Gasteiger partial charge in [-0.15, -0.1) is 0 Å². The Balaban J connectivity index is 3.02. The van der Waals surface area contributed by atoms with Crippen LogP contribution in [0.5, 0.6) is 0 Å². The van der Waals surface area contributed by atoms with Crippen molar-refractivity contribution in [2.75, 3.05) is 13.3 Å². The van der Waals surface area contributed by atoms with E-state index in [0.29, 0.717) is 0 Å². The van der Waals surface area contributed by atoms with Crippen LogP contribution in [0.1, 0.15) is 0 Å². The molecule has 0 radical (unpaired) electrons. The smallest absolute Gasteiger partial charge is 0.171 e. The van der Waals surface area contributed by atoms with Crippen molar-refractivity contribution in [1.29, 1.82) is 0 Å². The van der Waals surface area contributed by atoms with Crippen molar-refractivity contribution in [3.05, 3.63) is 0 Å². The fourth-order valence-electron chi connectivity index (χ4n) is 0. The Morgan fingerprint density at radius 1 is 1.60 bits per heavy atom. The van der Waals surface area contributed by atoms with E-state index in [2.05, 4.69) is 0 Å². The van der Waals surface area contributed by atoms with Crippen molar-refractivity contribution in [2.45, 2.75) is 0 Å². The summed E-state index contributed by atoms with van der Waals surface area (Å²) in [6, 6.07) is 0. The summed E-state index contributed by atoms with van der Waals surface area (Å²) in [6.07, 6.45) is 0. The van der Waals surface area contributed by atoms with Gasteiger partial charge in [0.05, 0.1) is 13.3 Å². The molecule has 0 amide bonds. The molecular weight excluding hydrogens is 104 g/mol. The number of hydrogen-bond donors (Lipinski definition) is 1. The highest BCUT2D eigenvalue weighted by Gasteiger charge is 2.10. The molecule has 0 aromatic carbocycles. The molecule has 0 aromatic rings. The van der Waals surface area contributed by atoms with E-state index in [9.17, 15) is 0 Å². The van der Waals surface area contributed by atoms with Gasteiger partial charge in [0.2, 0.25) is 0 Å². The summed E-state index contributed by atoms with van der Waals surface area (Å²) >= 11 is 5.42. The third-order valence-corrected chi connectivity index (χ3v) is 0. The molecule has 0 fully saturated rings. The van der Waals surface area contributed by atoms with Gasteiger partial charge >= 0.3 is 0 Å². The van der Waals surface area contributed by atoms with Crippen LogP contribution in [0.4, 0.5) is 0 Å². The SMILES string of the molecule is C[P+](C)(N)Cl. The molecule has 0 aliphatic carbocycles. The summed E-state index contributed by atoms with van der Waals surface area (Å²) < 4.78 is 0. The van der Waals surface area contributed by atoms with Crippen molar-refractivity contribution in [3.8, 4) is 0 Å². The van der Waals surface area contributed by atoms with E-state index >= 15 is 0 Å². The number of hydrogen-bond acceptors (Lipinski definition) is 1. The van der Waals surface area contributed by atoms with Gasteiger partial charge in [-0.2, -0.15) is 5.50 Å². The lowest BCUT2D eigenvalue weighted by Gasteiger charge is -1.91. The molecule has 0 rings (SSSR count). The standard InChI is InChI=1S/C2H8ClNP/c1-5(2,3)4/h4H2,1-2H3/q+1. The minimum Gasteiger partial charge on any atom is -0.190 e. The van der Waals surface area contributed by atoms with E-state index < -0.39 is 6.77 Å². The molecule has 0 spiro atoms. The normalized spacial score (nSPS) is 12.0. The maximum Gasteiger partial charge on any atom is 0.171 e. The van der Waals surface area contributed by atoms with Crippen LogP contribution in [0.15, 0.2) is 0 Å². The molecule has 0 bridgehead atoms. The summed E-state index contributed by atoms with van der Waals surface area (Å²) in [6.45, 7) is 2.27. The highest BCUT2D eigenvalue weighted by atomic mass is 35.7. The van der Waals surface area contributed by atoms with E-state index in [-0.39, 0.29) is 0 Å². The lowest BCUT2D eigenvalue weighted by molar-refractivity contribution is 1.87. The molecular formula is C2H8ClNP+. The van der Waals surface area contributed by atoms with Crippen LogP contribution in [-0.4, -0.2) is 13.3 Å².